The van der Waals surface area contributed by atoms with Gasteiger partial charge in [0.2, 0.25) is 0 Å². The summed E-state index contributed by atoms with van der Waals surface area (Å²) >= 11 is 6.48. The number of hydrogen-bond donors (Lipinski definition) is 0. The second-order valence-electron chi connectivity index (χ2n) is 5.11. The highest BCUT2D eigenvalue weighted by atomic mass is 35.5. The van der Waals surface area contributed by atoms with Gasteiger partial charge in [-0.15, -0.1) is 11.6 Å². The van der Waals surface area contributed by atoms with E-state index in [0.717, 1.165) is 6.42 Å². The molecule has 1 saturated carbocycles. The van der Waals surface area contributed by atoms with Crippen LogP contribution in [0.2, 0.25) is 0 Å². The van der Waals surface area contributed by atoms with E-state index in [1.807, 2.05) is 0 Å². The molecule has 0 aliphatic heterocycles. The van der Waals surface area contributed by atoms with Crippen molar-refractivity contribution in [2.24, 2.45) is 5.92 Å². The van der Waals surface area contributed by atoms with Crippen molar-refractivity contribution in [3.63, 3.8) is 0 Å². The van der Waals surface area contributed by atoms with Crippen molar-refractivity contribution in [3.8, 4) is 0 Å². The largest absolute Gasteiger partial charge is 0.123 e. The fraction of sp³-hybridized carbons (Fsp3) is 0.600. The van der Waals surface area contributed by atoms with E-state index in [4.69, 9.17) is 11.6 Å². The Morgan fingerprint density at radius 1 is 1.19 bits per heavy atom. The molecular formula is C15H21Cl. The van der Waals surface area contributed by atoms with Gasteiger partial charge in [0.1, 0.15) is 0 Å². The summed E-state index contributed by atoms with van der Waals surface area (Å²) in [5.41, 5.74) is 2.81. The maximum absolute atomic E-state index is 6.48. The van der Waals surface area contributed by atoms with Gasteiger partial charge in [-0.2, -0.15) is 0 Å². The van der Waals surface area contributed by atoms with E-state index in [-0.39, 0.29) is 0 Å². The molecule has 88 valence electrons. The monoisotopic (exact) mass is 236 g/mol. The summed E-state index contributed by atoms with van der Waals surface area (Å²) in [5.74, 6) is 0.686. The summed E-state index contributed by atoms with van der Waals surface area (Å²) in [5, 5.41) is 0.392. The van der Waals surface area contributed by atoms with E-state index in [9.17, 15) is 0 Å². The van der Waals surface area contributed by atoms with Crippen LogP contribution in [0.1, 0.15) is 43.2 Å². The van der Waals surface area contributed by atoms with Gasteiger partial charge in [0, 0.05) is 5.38 Å². The smallest absolute Gasteiger partial charge is 0.0367 e. The van der Waals surface area contributed by atoms with Crippen LogP contribution in [0, 0.1) is 12.8 Å². The molecular weight excluding hydrogens is 216 g/mol. The molecule has 0 spiro atoms. The van der Waals surface area contributed by atoms with Crippen LogP contribution in [-0.4, -0.2) is 5.38 Å². The molecule has 1 fully saturated rings. The van der Waals surface area contributed by atoms with Gasteiger partial charge in [-0.25, -0.2) is 0 Å². The van der Waals surface area contributed by atoms with Gasteiger partial charge in [-0.1, -0.05) is 49.1 Å². The molecule has 2 atom stereocenters. The Bertz CT molecular complexity index is 332. The molecule has 0 heterocycles. The zero-order chi connectivity index (χ0) is 11.4. The van der Waals surface area contributed by atoms with Crippen LogP contribution in [0.25, 0.3) is 0 Å². The molecule has 2 unspecified atom stereocenters. The minimum absolute atomic E-state index is 0.392. The number of aryl methyl sites for hydroxylation is 1. The van der Waals surface area contributed by atoms with Crippen LogP contribution in [0.3, 0.4) is 0 Å². The molecule has 1 heteroatoms. The summed E-state index contributed by atoms with van der Waals surface area (Å²) in [7, 11) is 0. The van der Waals surface area contributed by atoms with Crippen molar-refractivity contribution >= 4 is 11.6 Å². The van der Waals surface area contributed by atoms with Gasteiger partial charge in [-0.3, -0.25) is 0 Å². The summed E-state index contributed by atoms with van der Waals surface area (Å²) in [4.78, 5) is 0. The number of benzene rings is 1. The van der Waals surface area contributed by atoms with Crippen LogP contribution in [0.4, 0.5) is 0 Å². The van der Waals surface area contributed by atoms with E-state index in [2.05, 4.69) is 31.2 Å². The molecule has 0 aromatic heterocycles. The van der Waals surface area contributed by atoms with Gasteiger partial charge in [0.05, 0.1) is 0 Å². The SMILES string of the molecule is Cc1cccc(CC2CCCCCC2Cl)c1. The summed E-state index contributed by atoms with van der Waals surface area (Å²) in [6.45, 7) is 2.16. The Kier molecular flexibility index (Phi) is 4.29. The van der Waals surface area contributed by atoms with E-state index in [0.29, 0.717) is 11.3 Å². The van der Waals surface area contributed by atoms with Crippen molar-refractivity contribution in [2.45, 2.75) is 50.8 Å². The van der Waals surface area contributed by atoms with Crippen molar-refractivity contribution < 1.29 is 0 Å². The van der Waals surface area contributed by atoms with E-state index >= 15 is 0 Å². The Morgan fingerprint density at radius 2 is 2.00 bits per heavy atom. The number of rotatable bonds is 2. The highest BCUT2D eigenvalue weighted by Gasteiger charge is 2.21. The summed E-state index contributed by atoms with van der Waals surface area (Å²) < 4.78 is 0. The second-order valence-corrected chi connectivity index (χ2v) is 5.67. The van der Waals surface area contributed by atoms with Gasteiger partial charge < -0.3 is 0 Å². The van der Waals surface area contributed by atoms with E-state index in [1.54, 1.807) is 0 Å². The molecule has 16 heavy (non-hydrogen) atoms. The fourth-order valence-electron chi connectivity index (χ4n) is 2.71. The lowest BCUT2D eigenvalue weighted by Crippen LogP contribution is -2.16. The molecule has 1 aromatic carbocycles. The maximum atomic E-state index is 6.48. The minimum Gasteiger partial charge on any atom is -0.123 e. The molecule has 0 N–H and O–H groups in total. The molecule has 0 nitrogen and oxygen atoms in total. The van der Waals surface area contributed by atoms with Crippen molar-refractivity contribution in [1.29, 1.82) is 0 Å². The van der Waals surface area contributed by atoms with Gasteiger partial charge in [0.15, 0.2) is 0 Å². The zero-order valence-corrected chi connectivity index (χ0v) is 10.8. The minimum atomic E-state index is 0.392. The first-order valence-corrected chi connectivity index (χ1v) is 6.89. The summed E-state index contributed by atoms with van der Waals surface area (Å²) in [6.07, 6.45) is 7.72. The van der Waals surface area contributed by atoms with Gasteiger partial charge >= 0.3 is 0 Å². The van der Waals surface area contributed by atoms with Crippen molar-refractivity contribution in [1.82, 2.24) is 0 Å². The molecule has 1 aliphatic rings. The van der Waals surface area contributed by atoms with Crippen molar-refractivity contribution in [3.05, 3.63) is 35.4 Å². The summed E-state index contributed by atoms with van der Waals surface area (Å²) in [6, 6.07) is 8.86. The maximum Gasteiger partial charge on any atom is 0.0367 e. The first kappa shape index (κ1) is 12.0. The average Bonchev–Trinajstić information content (AvgIpc) is 2.45. The number of alkyl halides is 1. The number of halogens is 1. The fourth-order valence-corrected chi connectivity index (χ4v) is 3.08. The molecule has 0 radical (unpaired) electrons. The molecule has 0 amide bonds. The zero-order valence-electron chi connectivity index (χ0n) is 10.1. The first-order valence-electron chi connectivity index (χ1n) is 6.45. The molecule has 1 aliphatic carbocycles. The molecule has 2 rings (SSSR count). The Balaban J connectivity index is 2.02. The first-order chi connectivity index (χ1) is 7.75. The topological polar surface area (TPSA) is 0 Å². The van der Waals surface area contributed by atoms with Gasteiger partial charge in [0.25, 0.3) is 0 Å². The standard InChI is InChI=1S/C15H21Cl/c1-12-6-5-7-13(10-12)11-14-8-3-2-4-9-15(14)16/h5-7,10,14-15H,2-4,8-9,11H2,1H3. The predicted molar refractivity (Wildman–Crippen MR) is 71.1 cm³/mol. The third-order valence-electron chi connectivity index (χ3n) is 3.65. The highest BCUT2D eigenvalue weighted by molar-refractivity contribution is 6.20. The predicted octanol–water partition coefficient (Wildman–Crippen LogP) is 4.73. The molecule has 0 saturated heterocycles. The number of hydrogen-bond acceptors (Lipinski definition) is 0. The lowest BCUT2D eigenvalue weighted by Gasteiger charge is -2.19. The third kappa shape index (κ3) is 3.25. The quantitative estimate of drug-likeness (QED) is 0.515. The highest BCUT2D eigenvalue weighted by Crippen LogP contribution is 2.30. The Morgan fingerprint density at radius 3 is 2.81 bits per heavy atom. The van der Waals surface area contributed by atoms with Gasteiger partial charge in [-0.05, 0) is 37.7 Å². The lowest BCUT2D eigenvalue weighted by molar-refractivity contribution is 0.465. The van der Waals surface area contributed by atoms with Crippen LogP contribution >= 0.6 is 11.6 Å². The Labute approximate surface area is 104 Å². The van der Waals surface area contributed by atoms with E-state index in [1.165, 1.54) is 43.2 Å². The second kappa shape index (κ2) is 5.72. The van der Waals surface area contributed by atoms with Crippen LogP contribution in [-0.2, 0) is 6.42 Å². The van der Waals surface area contributed by atoms with Crippen LogP contribution < -0.4 is 0 Å². The van der Waals surface area contributed by atoms with Crippen LogP contribution in [0.15, 0.2) is 24.3 Å². The van der Waals surface area contributed by atoms with E-state index < -0.39 is 0 Å². The average molecular weight is 237 g/mol. The third-order valence-corrected chi connectivity index (χ3v) is 4.22. The normalized spacial score (nSPS) is 26.4. The van der Waals surface area contributed by atoms with Crippen molar-refractivity contribution in [2.75, 3.05) is 0 Å². The lowest BCUT2D eigenvalue weighted by atomic mass is 9.91. The molecule has 1 aromatic rings. The molecule has 0 bridgehead atoms. The Hall–Kier alpha value is -0.490. The van der Waals surface area contributed by atoms with Crippen LogP contribution in [0.5, 0.6) is 0 Å².